The maximum Gasteiger partial charge on any atom is 0.232 e. The van der Waals surface area contributed by atoms with Gasteiger partial charge in [-0.2, -0.15) is 0 Å². The number of hydrogen-bond acceptors (Lipinski definition) is 3. The third-order valence-corrected chi connectivity index (χ3v) is 4.26. The number of amidine groups is 1. The molecule has 1 aromatic rings. The van der Waals surface area contributed by atoms with E-state index in [1.807, 2.05) is 37.3 Å². The highest BCUT2D eigenvalue weighted by atomic mass is 16.4. The monoisotopic (exact) mass is 289 g/mol. The molecule has 114 valence electrons. The Kier molecular flexibility index (Phi) is 4.83. The number of benzene rings is 1. The molecule has 0 aromatic heterocycles. The standard InChI is InChI=1S/C16H23N3O2/c1-16(10-5-6-11-16)15(20)19(12-9-14(17)18-21)13-7-3-2-4-8-13/h2-4,7-8,21H,5-6,9-12H2,1H3,(H2,17,18). The summed E-state index contributed by atoms with van der Waals surface area (Å²) in [7, 11) is 0. The zero-order valence-electron chi connectivity index (χ0n) is 12.5. The van der Waals surface area contributed by atoms with E-state index in [-0.39, 0.29) is 17.2 Å². The summed E-state index contributed by atoms with van der Waals surface area (Å²) >= 11 is 0. The smallest absolute Gasteiger partial charge is 0.232 e. The normalized spacial score (nSPS) is 17.7. The molecule has 0 atom stereocenters. The third-order valence-electron chi connectivity index (χ3n) is 4.26. The van der Waals surface area contributed by atoms with Crippen LogP contribution in [-0.2, 0) is 4.79 Å². The number of carbonyl (C=O) groups is 1. The van der Waals surface area contributed by atoms with Crippen LogP contribution in [0.4, 0.5) is 5.69 Å². The van der Waals surface area contributed by atoms with E-state index in [9.17, 15) is 4.79 Å². The zero-order chi connectivity index (χ0) is 15.3. The molecule has 0 bridgehead atoms. The van der Waals surface area contributed by atoms with Gasteiger partial charge in [0.15, 0.2) is 0 Å². The molecule has 0 aliphatic heterocycles. The van der Waals surface area contributed by atoms with E-state index in [1.165, 1.54) is 0 Å². The summed E-state index contributed by atoms with van der Waals surface area (Å²) in [6.07, 6.45) is 4.42. The zero-order valence-corrected chi connectivity index (χ0v) is 12.5. The van der Waals surface area contributed by atoms with Crippen molar-refractivity contribution in [1.29, 1.82) is 0 Å². The van der Waals surface area contributed by atoms with Crippen LogP contribution in [0.1, 0.15) is 39.0 Å². The molecule has 1 aromatic carbocycles. The second kappa shape index (κ2) is 6.61. The van der Waals surface area contributed by atoms with Crippen LogP contribution >= 0.6 is 0 Å². The number of nitrogens with zero attached hydrogens (tertiary/aromatic N) is 2. The summed E-state index contributed by atoms with van der Waals surface area (Å²) in [5, 5.41) is 11.7. The van der Waals surface area contributed by atoms with Crippen LogP contribution in [0.15, 0.2) is 35.5 Å². The molecular weight excluding hydrogens is 266 g/mol. The van der Waals surface area contributed by atoms with Gasteiger partial charge in [-0.3, -0.25) is 4.79 Å². The van der Waals surface area contributed by atoms with Crippen LogP contribution in [0.2, 0.25) is 0 Å². The van der Waals surface area contributed by atoms with Crippen LogP contribution in [-0.4, -0.2) is 23.5 Å². The summed E-state index contributed by atoms with van der Waals surface area (Å²) in [6.45, 7) is 2.47. The largest absolute Gasteiger partial charge is 0.409 e. The maximum atomic E-state index is 13.0. The van der Waals surface area contributed by atoms with Crippen molar-refractivity contribution in [3.05, 3.63) is 30.3 Å². The van der Waals surface area contributed by atoms with E-state index in [2.05, 4.69) is 5.16 Å². The average molecular weight is 289 g/mol. The van der Waals surface area contributed by atoms with Crippen LogP contribution in [0, 0.1) is 5.41 Å². The van der Waals surface area contributed by atoms with Gasteiger partial charge < -0.3 is 15.8 Å². The molecule has 0 heterocycles. The summed E-state index contributed by atoms with van der Waals surface area (Å²) in [5.41, 5.74) is 6.12. The first-order valence-corrected chi connectivity index (χ1v) is 7.40. The first-order chi connectivity index (χ1) is 10.1. The van der Waals surface area contributed by atoms with Crippen molar-refractivity contribution in [3.8, 4) is 0 Å². The number of anilines is 1. The lowest BCUT2D eigenvalue weighted by Gasteiger charge is -2.31. The first-order valence-electron chi connectivity index (χ1n) is 7.40. The van der Waals surface area contributed by atoms with E-state index < -0.39 is 0 Å². The summed E-state index contributed by atoms with van der Waals surface area (Å²) in [4.78, 5) is 14.7. The highest BCUT2D eigenvalue weighted by Gasteiger charge is 2.39. The number of oxime groups is 1. The molecule has 1 aliphatic rings. The van der Waals surface area contributed by atoms with Gasteiger partial charge in [0.25, 0.3) is 0 Å². The number of para-hydroxylation sites is 1. The van der Waals surface area contributed by atoms with Crippen molar-refractivity contribution in [2.24, 2.45) is 16.3 Å². The SMILES string of the molecule is CC1(C(=O)N(CC/C(N)=N/O)c2ccccc2)CCCC1. The van der Waals surface area contributed by atoms with Crippen LogP contribution in [0.3, 0.4) is 0 Å². The molecular formula is C16H23N3O2. The van der Waals surface area contributed by atoms with Gasteiger partial charge in [-0.05, 0) is 25.0 Å². The molecule has 1 amide bonds. The second-order valence-electron chi connectivity index (χ2n) is 5.90. The summed E-state index contributed by atoms with van der Waals surface area (Å²) in [5.74, 6) is 0.275. The molecule has 5 heteroatoms. The molecule has 0 unspecified atom stereocenters. The van der Waals surface area contributed by atoms with Gasteiger partial charge in [-0.25, -0.2) is 0 Å². The van der Waals surface area contributed by atoms with Gasteiger partial charge >= 0.3 is 0 Å². The minimum Gasteiger partial charge on any atom is -0.409 e. The van der Waals surface area contributed by atoms with Gasteiger partial charge in [-0.1, -0.05) is 43.1 Å². The fraction of sp³-hybridized carbons (Fsp3) is 0.500. The number of hydrogen-bond donors (Lipinski definition) is 2. The predicted molar refractivity (Wildman–Crippen MR) is 83.4 cm³/mol. The van der Waals surface area contributed by atoms with E-state index in [0.717, 1.165) is 31.4 Å². The molecule has 1 saturated carbocycles. The van der Waals surface area contributed by atoms with E-state index >= 15 is 0 Å². The number of amides is 1. The molecule has 5 nitrogen and oxygen atoms in total. The topological polar surface area (TPSA) is 78.9 Å². The third kappa shape index (κ3) is 3.54. The van der Waals surface area contributed by atoms with Crippen molar-refractivity contribution in [2.45, 2.75) is 39.0 Å². The fourth-order valence-electron chi connectivity index (χ4n) is 2.93. The van der Waals surface area contributed by atoms with Gasteiger partial charge in [0.2, 0.25) is 5.91 Å². The van der Waals surface area contributed by atoms with Crippen LogP contribution in [0.25, 0.3) is 0 Å². The van der Waals surface area contributed by atoms with Crippen LogP contribution in [0.5, 0.6) is 0 Å². The Morgan fingerprint density at radius 1 is 1.33 bits per heavy atom. The summed E-state index contributed by atoms with van der Waals surface area (Å²) in [6, 6.07) is 9.59. The van der Waals surface area contributed by atoms with Crippen molar-refractivity contribution in [3.63, 3.8) is 0 Å². The highest BCUT2D eigenvalue weighted by molar-refractivity contribution is 5.98. The minimum absolute atomic E-state index is 0.136. The van der Waals surface area contributed by atoms with Crippen LogP contribution < -0.4 is 10.6 Å². The molecule has 0 spiro atoms. The van der Waals surface area contributed by atoms with Gasteiger partial charge in [0.1, 0.15) is 5.84 Å². The Morgan fingerprint density at radius 2 is 1.95 bits per heavy atom. The van der Waals surface area contributed by atoms with Crippen molar-refractivity contribution < 1.29 is 10.0 Å². The van der Waals surface area contributed by atoms with E-state index in [4.69, 9.17) is 10.9 Å². The Bertz CT molecular complexity index is 508. The Morgan fingerprint density at radius 3 is 2.52 bits per heavy atom. The van der Waals surface area contributed by atoms with Crippen molar-refractivity contribution >= 4 is 17.4 Å². The van der Waals surface area contributed by atoms with E-state index in [1.54, 1.807) is 4.90 Å². The Hall–Kier alpha value is -2.04. The predicted octanol–water partition coefficient (Wildman–Crippen LogP) is 2.74. The molecule has 0 saturated heterocycles. The second-order valence-corrected chi connectivity index (χ2v) is 5.90. The summed E-state index contributed by atoms with van der Waals surface area (Å²) < 4.78 is 0. The molecule has 1 fully saturated rings. The quantitative estimate of drug-likeness (QED) is 0.378. The van der Waals surface area contributed by atoms with Gasteiger partial charge in [0, 0.05) is 24.1 Å². The lowest BCUT2D eigenvalue weighted by molar-refractivity contribution is -0.127. The highest BCUT2D eigenvalue weighted by Crippen LogP contribution is 2.40. The lowest BCUT2D eigenvalue weighted by atomic mass is 9.87. The van der Waals surface area contributed by atoms with E-state index in [0.29, 0.717) is 13.0 Å². The minimum atomic E-state index is -0.291. The lowest BCUT2D eigenvalue weighted by Crippen LogP contribution is -2.42. The number of carbonyl (C=O) groups excluding carboxylic acids is 1. The van der Waals surface area contributed by atoms with Gasteiger partial charge in [-0.15, -0.1) is 0 Å². The maximum absolute atomic E-state index is 13.0. The number of nitrogens with two attached hydrogens (primary N) is 1. The molecule has 21 heavy (non-hydrogen) atoms. The van der Waals surface area contributed by atoms with Crippen molar-refractivity contribution in [1.82, 2.24) is 0 Å². The first kappa shape index (κ1) is 15.4. The number of rotatable bonds is 5. The van der Waals surface area contributed by atoms with Gasteiger partial charge in [0.05, 0.1) is 0 Å². The Balaban J connectivity index is 2.21. The van der Waals surface area contributed by atoms with Crippen molar-refractivity contribution in [2.75, 3.05) is 11.4 Å². The molecule has 3 N–H and O–H groups in total. The molecule has 2 rings (SSSR count). The molecule has 1 aliphatic carbocycles. The average Bonchev–Trinajstić information content (AvgIpc) is 2.96. The fourth-order valence-corrected chi connectivity index (χ4v) is 2.93. The Labute approximate surface area is 125 Å². The molecule has 0 radical (unpaired) electrons.